The third-order valence-electron chi connectivity index (χ3n) is 5.68. The third-order valence-corrected chi connectivity index (χ3v) is 5.68. The van der Waals surface area contributed by atoms with E-state index in [0.29, 0.717) is 36.0 Å². The summed E-state index contributed by atoms with van der Waals surface area (Å²) in [5, 5.41) is 0. The second-order valence-corrected chi connectivity index (χ2v) is 8.12. The Kier molecular flexibility index (Phi) is 6.72. The van der Waals surface area contributed by atoms with Gasteiger partial charge in [-0.3, -0.25) is 0 Å². The Bertz CT molecular complexity index is 1130. The van der Waals surface area contributed by atoms with Crippen LogP contribution in [0.5, 0.6) is 11.5 Å². The fourth-order valence-electron chi connectivity index (χ4n) is 3.94. The first kappa shape index (κ1) is 23.9. The minimum absolute atomic E-state index is 0.0178. The van der Waals surface area contributed by atoms with Crippen molar-refractivity contribution in [3.05, 3.63) is 83.2 Å². The minimum Gasteiger partial charge on any atom is -0.493 e. The highest BCUT2D eigenvalue weighted by Crippen LogP contribution is 2.38. The maximum atomic E-state index is 14.6. The summed E-state index contributed by atoms with van der Waals surface area (Å²) in [5.41, 5.74) is -1.42. The Morgan fingerprint density at radius 2 is 1.26 bits per heavy atom. The lowest BCUT2D eigenvalue weighted by molar-refractivity contribution is -0.189. The van der Waals surface area contributed by atoms with Crippen molar-refractivity contribution in [3.63, 3.8) is 0 Å². The molecule has 1 aliphatic rings. The summed E-state index contributed by atoms with van der Waals surface area (Å²) in [5.74, 6) is -8.82. The summed E-state index contributed by atoms with van der Waals surface area (Å²) in [6.07, 6.45) is -0.0458. The van der Waals surface area contributed by atoms with Crippen LogP contribution in [-0.4, -0.2) is 6.61 Å². The summed E-state index contributed by atoms with van der Waals surface area (Å²) < 4.78 is 107. The highest BCUT2D eigenvalue weighted by molar-refractivity contribution is 5.65. The fraction of sp³-hybridized carbons (Fsp3) is 0.280. The van der Waals surface area contributed by atoms with Crippen molar-refractivity contribution >= 4 is 0 Å². The van der Waals surface area contributed by atoms with Gasteiger partial charge in [0.15, 0.2) is 17.5 Å². The normalized spacial score (nSPS) is 14.4. The lowest BCUT2D eigenvalue weighted by atomic mass is 10.0. The lowest BCUT2D eigenvalue weighted by Gasteiger charge is -2.20. The van der Waals surface area contributed by atoms with Crippen LogP contribution in [-0.2, 0) is 6.11 Å². The van der Waals surface area contributed by atoms with Gasteiger partial charge in [-0.05, 0) is 54.2 Å². The van der Waals surface area contributed by atoms with Gasteiger partial charge in [-0.15, -0.1) is 0 Å². The van der Waals surface area contributed by atoms with E-state index in [9.17, 15) is 30.7 Å². The molecular formula is C25H19F7O2. The number of alkyl halides is 2. The topological polar surface area (TPSA) is 18.5 Å². The van der Waals surface area contributed by atoms with E-state index in [-0.39, 0.29) is 17.7 Å². The van der Waals surface area contributed by atoms with Gasteiger partial charge < -0.3 is 9.47 Å². The molecule has 0 radical (unpaired) electrons. The Balaban J connectivity index is 1.53. The maximum absolute atomic E-state index is 14.6. The van der Waals surface area contributed by atoms with Gasteiger partial charge in [0.25, 0.3) is 0 Å². The molecule has 4 rings (SSSR count). The highest BCUT2D eigenvalue weighted by Gasteiger charge is 2.41. The van der Waals surface area contributed by atoms with Gasteiger partial charge >= 0.3 is 6.11 Å². The van der Waals surface area contributed by atoms with Crippen LogP contribution in [0.2, 0.25) is 0 Å². The zero-order valence-electron chi connectivity index (χ0n) is 17.7. The molecule has 0 N–H and O–H groups in total. The first-order valence-corrected chi connectivity index (χ1v) is 10.6. The molecule has 0 amide bonds. The first-order chi connectivity index (χ1) is 16.1. The van der Waals surface area contributed by atoms with Crippen LogP contribution >= 0.6 is 0 Å². The average Bonchev–Trinajstić information content (AvgIpc) is 3.29. The summed E-state index contributed by atoms with van der Waals surface area (Å²) in [4.78, 5) is 0. The van der Waals surface area contributed by atoms with Crippen molar-refractivity contribution in [1.82, 2.24) is 0 Å². The van der Waals surface area contributed by atoms with Gasteiger partial charge in [0, 0.05) is 12.1 Å². The van der Waals surface area contributed by atoms with Gasteiger partial charge in [-0.25, -0.2) is 22.0 Å². The smallest absolute Gasteiger partial charge is 0.432 e. The first-order valence-electron chi connectivity index (χ1n) is 10.6. The Hall–Kier alpha value is -3.23. The predicted molar refractivity (Wildman–Crippen MR) is 110 cm³/mol. The van der Waals surface area contributed by atoms with Crippen molar-refractivity contribution in [2.45, 2.75) is 31.8 Å². The Labute approximate surface area is 190 Å². The summed E-state index contributed by atoms with van der Waals surface area (Å²) in [7, 11) is 0. The molecule has 0 heterocycles. The molecule has 3 aromatic rings. The molecule has 0 saturated heterocycles. The van der Waals surface area contributed by atoms with Gasteiger partial charge in [-0.1, -0.05) is 25.0 Å². The number of ether oxygens (including phenoxy) is 2. The van der Waals surface area contributed by atoms with Crippen LogP contribution in [0.4, 0.5) is 30.7 Å². The van der Waals surface area contributed by atoms with E-state index >= 15 is 0 Å². The van der Waals surface area contributed by atoms with Crippen LogP contribution in [0.25, 0.3) is 11.1 Å². The van der Waals surface area contributed by atoms with Gasteiger partial charge in [0.1, 0.15) is 28.7 Å². The van der Waals surface area contributed by atoms with Crippen LogP contribution in [0.15, 0.2) is 48.5 Å². The molecule has 180 valence electrons. The van der Waals surface area contributed by atoms with Crippen molar-refractivity contribution in [2.75, 3.05) is 6.61 Å². The third kappa shape index (κ3) is 5.13. The van der Waals surface area contributed by atoms with E-state index in [1.807, 2.05) is 0 Å². The zero-order chi connectivity index (χ0) is 24.5. The van der Waals surface area contributed by atoms with Crippen LogP contribution in [0.3, 0.4) is 0 Å². The standard InChI is InChI=1S/C25H19F7O2/c26-19-9-16(15-5-7-17(8-6-15)33-13-14-3-1-2-4-14)10-20(27)23(19)25(31,32)34-18-11-21(28)24(30)22(29)12-18/h5-12,14H,1-4,13H2. The quantitative estimate of drug-likeness (QED) is 0.252. The molecule has 1 aliphatic carbocycles. The highest BCUT2D eigenvalue weighted by atomic mass is 19.3. The lowest BCUT2D eigenvalue weighted by Crippen LogP contribution is -2.25. The maximum Gasteiger partial charge on any atom is 0.432 e. The van der Waals surface area contributed by atoms with Crippen molar-refractivity contribution in [2.24, 2.45) is 5.92 Å². The molecule has 1 fully saturated rings. The fourth-order valence-corrected chi connectivity index (χ4v) is 3.94. The van der Waals surface area contributed by atoms with E-state index in [1.165, 1.54) is 25.0 Å². The van der Waals surface area contributed by atoms with E-state index in [4.69, 9.17) is 4.74 Å². The molecule has 0 bridgehead atoms. The molecule has 1 saturated carbocycles. The van der Waals surface area contributed by atoms with Crippen molar-refractivity contribution in [3.8, 4) is 22.6 Å². The van der Waals surface area contributed by atoms with E-state index in [0.717, 1.165) is 12.8 Å². The van der Waals surface area contributed by atoms with Gasteiger partial charge in [-0.2, -0.15) is 8.78 Å². The van der Waals surface area contributed by atoms with Crippen LogP contribution in [0.1, 0.15) is 31.2 Å². The molecular weight excluding hydrogens is 465 g/mol. The monoisotopic (exact) mass is 484 g/mol. The predicted octanol–water partition coefficient (Wildman–Crippen LogP) is 7.75. The molecule has 2 nitrogen and oxygen atoms in total. The molecule has 34 heavy (non-hydrogen) atoms. The number of hydrogen-bond acceptors (Lipinski definition) is 2. The van der Waals surface area contributed by atoms with Crippen molar-refractivity contribution < 1.29 is 40.2 Å². The average molecular weight is 484 g/mol. The SMILES string of the molecule is Fc1cc(OC(F)(F)c2c(F)cc(-c3ccc(OCC4CCCC4)cc3)cc2F)cc(F)c1F. The molecule has 9 heteroatoms. The minimum atomic E-state index is -4.64. The second kappa shape index (κ2) is 9.56. The Morgan fingerprint density at radius 1 is 0.706 bits per heavy atom. The van der Waals surface area contributed by atoms with Crippen molar-refractivity contribution in [1.29, 1.82) is 0 Å². The second-order valence-electron chi connectivity index (χ2n) is 8.12. The van der Waals surface area contributed by atoms with Gasteiger partial charge in [0.05, 0.1) is 6.61 Å². The summed E-state index contributed by atoms with van der Waals surface area (Å²) in [6, 6.07) is 7.98. The van der Waals surface area contributed by atoms with E-state index < -0.39 is 46.5 Å². The number of rotatable bonds is 7. The summed E-state index contributed by atoms with van der Waals surface area (Å²) in [6.45, 7) is 0.578. The number of halogens is 7. The molecule has 0 spiro atoms. The molecule has 0 aromatic heterocycles. The van der Waals surface area contributed by atoms with Gasteiger partial charge in [0.2, 0.25) is 0 Å². The molecule has 3 aromatic carbocycles. The number of benzene rings is 3. The van der Waals surface area contributed by atoms with E-state index in [1.54, 1.807) is 12.1 Å². The zero-order valence-corrected chi connectivity index (χ0v) is 17.7. The molecule has 0 aliphatic heterocycles. The largest absolute Gasteiger partial charge is 0.493 e. The summed E-state index contributed by atoms with van der Waals surface area (Å²) >= 11 is 0. The Morgan fingerprint density at radius 3 is 1.82 bits per heavy atom. The van der Waals surface area contributed by atoms with E-state index in [2.05, 4.69) is 4.74 Å². The molecule has 0 unspecified atom stereocenters. The number of hydrogen-bond donors (Lipinski definition) is 0. The van der Waals surface area contributed by atoms with Crippen LogP contribution < -0.4 is 9.47 Å². The molecule has 0 atom stereocenters. The van der Waals surface area contributed by atoms with Crippen LogP contribution in [0, 0.1) is 35.0 Å².